The second-order valence-corrected chi connectivity index (χ2v) is 4.30. The van der Waals surface area contributed by atoms with Gasteiger partial charge in [-0.25, -0.2) is 4.68 Å². The van der Waals surface area contributed by atoms with Gasteiger partial charge in [0.15, 0.2) is 0 Å². The normalized spacial score (nSPS) is 18.4. The van der Waals surface area contributed by atoms with E-state index in [1.165, 1.54) is 11.0 Å². The number of carbonyl (C=O) groups excluding carboxylic acids is 1. The molecule has 1 aliphatic rings. The Morgan fingerprint density at radius 3 is 3.16 bits per heavy atom. The van der Waals surface area contributed by atoms with Gasteiger partial charge in [0, 0.05) is 12.3 Å². The van der Waals surface area contributed by atoms with Crippen LogP contribution in [0.2, 0.25) is 0 Å². The van der Waals surface area contributed by atoms with Gasteiger partial charge in [-0.2, -0.15) is 0 Å². The first-order valence-corrected chi connectivity index (χ1v) is 6.09. The molecule has 1 aliphatic heterocycles. The van der Waals surface area contributed by atoms with Crippen molar-refractivity contribution in [3.05, 3.63) is 30.6 Å². The van der Waals surface area contributed by atoms with E-state index in [4.69, 9.17) is 4.74 Å². The molecule has 98 valence electrons. The number of hydrogen-bond acceptors (Lipinski definition) is 5. The van der Waals surface area contributed by atoms with Crippen LogP contribution in [0, 0.1) is 0 Å². The van der Waals surface area contributed by atoms with Gasteiger partial charge in [0.2, 0.25) is 0 Å². The summed E-state index contributed by atoms with van der Waals surface area (Å²) in [6.07, 6.45) is 2.87. The smallest absolute Gasteiger partial charge is 0.253 e. The zero-order chi connectivity index (χ0) is 13.1. The lowest BCUT2D eigenvalue weighted by Crippen LogP contribution is -2.26. The third-order valence-electron chi connectivity index (χ3n) is 2.95. The Hall–Kier alpha value is -2.28. The van der Waals surface area contributed by atoms with Gasteiger partial charge in [0.25, 0.3) is 5.91 Å². The van der Waals surface area contributed by atoms with Gasteiger partial charge in [-0.3, -0.25) is 4.79 Å². The van der Waals surface area contributed by atoms with E-state index < -0.39 is 0 Å². The van der Waals surface area contributed by atoms with Crippen molar-refractivity contribution in [1.29, 1.82) is 0 Å². The number of nitrogens with one attached hydrogen (secondary N) is 1. The van der Waals surface area contributed by atoms with E-state index in [0.29, 0.717) is 12.3 Å². The van der Waals surface area contributed by atoms with Gasteiger partial charge < -0.3 is 10.1 Å². The van der Waals surface area contributed by atoms with Crippen LogP contribution in [0.3, 0.4) is 0 Å². The number of nitrogens with zero attached hydrogens (tertiary/aromatic N) is 4. The standard InChI is InChI=1S/C12H13N5O2/c18-12(11-5-2-6-19-11)14-9-3-1-4-10(7-9)17-8-13-15-16-17/h1,3-4,7-8,11H,2,5-6H2,(H,14,18)/t11-/m1/s1. The first kappa shape index (κ1) is 11.8. The fourth-order valence-electron chi connectivity index (χ4n) is 2.01. The first-order chi connectivity index (χ1) is 9.33. The van der Waals surface area contributed by atoms with Crippen LogP contribution in [0.15, 0.2) is 30.6 Å². The summed E-state index contributed by atoms with van der Waals surface area (Å²) in [7, 11) is 0. The minimum atomic E-state index is -0.336. The molecule has 0 aliphatic carbocycles. The van der Waals surface area contributed by atoms with Crippen molar-refractivity contribution in [2.45, 2.75) is 18.9 Å². The van der Waals surface area contributed by atoms with Crippen molar-refractivity contribution in [3.63, 3.8) is 0 Å². The van der Waals surface area contributed by atoms with Gasteiger partial charge >= 0.3 is 0 Å². The summed E-state index contributed by atoms with van der Waals surface area (Å²) >= 11 is 0. The van der Waals surface area contributed by atoms with E-state index >= 15 is 0 Å². The van der Waals surface area contributed by atoms with Crippen LogP contribution in [0.4, 0.5) is 5.69 Å². The average Bonchev–Trinajstić information content (AvgIpc) is 3.13. The Kier molecular flexibility index (Phi) is 3.20. The third kappa shape index (κ3) is 2.60. The monoisotopic (exact) mass is 259 g/mol. The van der Waals surface area contributed by atoms with Crippen molar-refractivity contribution in [2.24, 2.45) is 0 Å². The molecular weight excluding hydrogens is 246 g/mol. The summed E-state index contributed by atoms with van der Waals surface area (Å²) in [6, 6.07) is 7.32. The molecule has 1 amide bonds. The van der Waals surface area contributed by atoms with E-state index in [-0.39, 0.29) is 12.0 Å². The van der Waals surface area contributed by atoms with Gasteiger partial charge in [0.05, 0.1) is 5.69 Å². The van der Waals surface area contributed by atoms with Crippen LogP contribution in [-0.2, 0) is 9.53 Å². The van der Waals surface area contributed by atoms with Crippen LogP contribution >= 0.6 is 0 Å². The number of tetrazole rings is 1. The number of carbonyl (C=O) groups is 1. The van der Waals surface area contributed by atoms with Crippen LogP contribution in [-0.4, -0.2) is 38.8 Å². The van der Waals surface area contributed by atoms with E-state index in [1.807, 2.05) is 24.3 Å². The molecule has 1 aromatic heterocycles. The lowest BCUT2D eigenvalue weighted by Gasteiger charge is -2.11. The highest BCUT2D eigenvalue weighted by molar-refractivity contribution is 5.94. The molecule has 0 unspecified atom stereocenters. The Morgan fingerprint density at radius 2 is 2.42 bits per heavy atom. The number of anilines is 1. The average molecular weight is 259 g/mol. The summed E-state index contributed by atoms with van der Waals surface area (Å²) in [4.78, 5) is 11.9. The first-order valence-electron chi connectivity index (χ1n) is 6.09. The molecule has 1 fully saturated rings. The predicted molar refractivity (Wildman–Crippen MR) is 66.8 cm³/mol. The highest BCUT2D eigenvalue weighted by Gasteiger charge is 2.23. The van der Waals surface area contributed by atoms with Crippen molar-refractivity contribution < 1.29 is 9.53 Å². The molecule has 1 saturated heterocycles. The second-order valence-electron chi connectivity index (χ2n) is 4.30. The topological polar surface area (TPSA) is 81.9 Å². The zero-order valence-corrected chi connectivity index (χ0v) is 10.2. The molecule has 2 aromatic rings. The van der Waals surface area contributed by atoms with Gasteiger partial charge in [-0.15, -0.1) is 5.10 Å². The van der Waals surface area contributed by atoms with Crippen molar-refractivity contribution >= 4 is 11.6 Å². The van der Waals surface area contributed by atoms with Crippen LogP contribution in [0.25, 0.3) is 5.69 Å². The minimum absolute atomic E-state index is 0.105. The highest BCUT2D eigenvalue weighted by atomic mass is 16.5. The predicted octanol–water partition coefficient (Wildman–Crippen LogP) is 0.780. The number of benzene rings is 1. The number of ether oxygens (including phenoxy) is 1. The molecule has 19 heavy (non-hydrogen) atoms. The molecule has 0 spiro atoms. The number of amides is 1. The Labute approximate surface area is 109 Å². The number of hydrogen-bond donors (Lipinski definition) is 1. The largest absolute Gasteiger partial charge is 0.368 e. The summed E-state index contributed by atoms with van der Waals surface area (Å²) in [5.41, 5.74) is 1.49. The van der Waals surface area contributed by atoms with Crippen molar-refractivity contribution in [2.75, 3.05) is 11.9 Å². The highest BCUT2D eigenvalue weighted by Crippen LogP contribution is 2.17. The fraction of sp³-hybridized carbons (Fsp3) is 0.333. The molecule has 1 aromatic carbocycles. The molecule has 3 rings (SSSR count). The Morgan fingerprint density at radius 1 is 1.47 bits per heavy atom. The van der Waals surface area contributed by atoms with Crippen LogP contribution < -0.4 is 5.32 Å². The summed E-state index contributed by atoms with van der Waals surface area (Å²) in [6.45, 7) is 0.656. The number of aromatic nitrogens is 4. The summed E-state index contributed by atoms with van der Waals surface area (Å²) < 4.78 is 6.87. The lowest BCUT2D eigenvalue weighted by molar-refractivity contribution is -0.124. The molecular formula is C12H13N5O2. The maximum Gasteiger partial charge on any atom is 0.253 e. The summed E-state index contributed by atoms with van der Waals surface area (Å²) in [5, 5.41) is 13.8. The van der Waals surface area contributed by atoms with Gasteiger partial charge in [0.1, 0.15) is 12.4 Å². The second kappa shape index (κ2) is 5.15. The number of rotatable bonds is 3. The molecule has 1 N–H and O–H groups in total. The van der Waals surface area contributed by atoms with Crippen LogP contribution in [0.1, 0.15) is 12.8 Å². The maximum absolute atomic E-state index is 11.9. The Balaban J connectivity index is 1.74. The Bertz CT molecular complexity index is 563. The molecule has 0 saturated carbocycles. The zero-order valence-electron chi connectivity index (χ0n) is 10.2. The molecule has 1 atom stereocenters. The SMILES string of the molecule is O=C(Nc1cccc(-n2cnnn2)c1)[C@H]1CCCO1. The van der Waals surface area contributed by atoms with E-state index in [1.54, 1.807) is 0 Å². The maximum atomic E-state index is 11.9. The van der Waals surface area contributed by atoms with E-state index in [9.17, 15) is 4.79 Å². The molecule has 7 heteroatoms. The molecule has 7 nitrogen and oxygen atoms in total. The molecule has 0 bridgehead atoms. The molecule has 0 radical (unpaired) electrons. The van der Waals surface area contributed by atoms with E-state index in [0.717, 1.165) is 18.5 Å². The minimum Gasteiger partial charge on any atom is -0.368 e. The third-order valence-corrected chi connectivity index (χ3v) is 2.95. The molecule has 2 heterocycles. The summed E-state index contributed by atoms with van der Waals surface area (Å²) in [5.74, 6) is -0.105. The van der Waals surface area contributed by atoms with Crippen LogP contribution in [0.5, 0.6) is 0 Å². The van der Waals surface area contributed by atoms with Crippen molar-refractivity contribution in [3.8, 4) is 5.69 Å². The van der Waals surface area contributed by atoms with Crippen molar-refractivity contribution in [1.82, 2.24) is 20.2 Å². The lowest BCUT2D eigenvalue weighted by atomic mass is 10.2. The van der Waals surface area contributed by atoms with E-state index in [2.05, 4.69) is 20.8 Å². The van der Waals surface area contributed by atoms with Gasteiger partial charge in [-0.05, 0) is 41.5 Å². The quantitative estimate of drug-likeness (QED) is 0.880. The fourth-order valence-corrected chi connectivity index (χ4v) is 2.01. The van der Waals surface area contributed by atoms with Gasteiger partial charge in [-0.1, -0.05) is 6.07 Å².